The van der Waals surface area contributed by atoms with E-state index in [2.05, 4.69) is 10.3 Å². The summed E-state index contributed by atoms with van der Waals surface area (Å²) in [6.07, 6.45) is 3.39. The number of carbonyl (C=O) groups is 2. The zero-order valence-corrected chi connectivity index (χ0v) is 11.1. The fraction of sp³-hybridized carbons (Fsp3) is 0.500. The summed E-state index contributed by atoms with van der Waals surface area (Å²) in [5.74, 6) is -1.60. The van der Waals surface area contributed by atoms with E-state index in [9.17, 15) is 14.4 Å². The van der Waals surface area contributed by atoms with Gasteiger partial charge in [-0.15, -0.1) is 0 Å². The van der Waals surface area contributed by atoms with Gasteiger partial charge in [-0.2, -0.15) is 0 Å². The van der Waals surface area contributed by atoms with Crippen molar-refractivity contribution in [2.24, 2.45) is 11.8 Å². The van der Waals surface area contributed by atoms with Crippen molar-refractivity contribution in [3.8, 4) is 0 Å². The normalized spacial score (nSPS) is 22.2. The fourth-order valence-corrected chi connectivity index (χ4v) is 2.68. The van der Waals surface area contributed by atoms with E-state index in [1.807, 2.05) is 0 Å². The standard InChI is InChI=1S/C14H18N2O4/c17-12-7-3-6-11(16-12)13(18)15-8-9-4-1-2-5-10(9)14(19)20/h3,6-7,9-10H,1-2,4-5,8H2,(H,15,18)(H,16,17)(H,19,20). The smallest absolute Gasteiger partial charge is 0.306 e. The number of carbonyl (C=O) groups excluding carboxylic acids is 1. The minimum Gasteiger partial charge on any atom is -0.481 e. The monoisotopic (exact) mass is 278 g/mol. The zero-order chi connectivity index (χ0) is 14.5. The molecule has 0 aliphatic heterocycles. The van der Waals surface area contributed by atoms with E-state index in [-0.39, 0.29) is 29.0 Å². The Morgan fingerprint density at radius 2 is 2.05 bits per heavy atom. The summed E-state index contributed by atoms with van der Waals surface area (Å²) < 4.78 is 0. The summed E-state index contributed by atoms with van der Waals surface area (Å²) in [7, 11) is 0. The number of aliphatic carboxylic acids is 1. The third kappa shape index (κ3) is 3.46. The Morgan fingerprint density at radius 3 is 2.75 bits per heavy atom. The molecule has 1 aliphatic carbocycles. The lowest BCUT2D eigenvalue weighted by atomic mass is 9.79. The molecule has 1 aromatic heterocycles. The van der Waals surface area contributed by atoms with Crippen molar-refractivity contribution in [2.45, 2.75) is 25.7 Å². The molecule has 6 nitrogen and oxygen atoms in total. The largest absolute Gasteiger partial charge is 0.481 e. The molecule has 2 unspecified atom stereocenters. The molecule has 6 heteroatoms. The second kappa shape index (κ2) is 6.36. The predicted molar refractivity (Wildman–Crippen MR) is 72.5 cm³/mol. The van der Waals surface area contributed by atoms with Gasteiger partial charge in [0.15, 0.2) is 0 Å². The molecule has 0 bridgehead atoms. The molecule has 2 atom stereocenters. The number of aromatic amines is 1. The molecule has 3 N–H and O–H groups in total. The maximum Gasteiger partial charge on any atom is 0.306 e. The molecule has 0 radical (unpaired) electrons. The van der Waals surface area contributed by atoms with Gasteiger partial charge in [0, 0.05) is 12.6 Å². The van der Waals surface area contributed by atoms with Crippen LogP contribution < -0.4 is 10.9 Å². The van der Waals surface area contributed by atoms with E-state index in [1.54, 1.807) is 0 Å². The number of H-pyrrole nitrogens is 1. The molecule has 1 amide bonds. The van der Waals surface area contributed by atoms with E-state index in [0.29, 0.717) is 13.0 Å². The number of nitrogens with one attached hydrogen (secondary N) is 2. The maximum atomic E-state index is 11.9. The second-order valence-electron chi connectivity index (χ2n) is 5.13. The summed E-state index contributed by atoms with van der Waals surface area (Å²) in [5.41, 5.74) is -0.140. The fourth-order valence-electron chi connectivity index (χ4n) is 2.68. The molecule has 1 fully saturated rings. The Kier molecular flexibility index (Phi) is 4.55. The maximum absolute atomic E-state index is 11.9. The highest BCUT2D eigenvalue weighted by atomic mass is 16.4. The van der Waals surface area contributed by atoms with Crippen LogP contribution in [0.15, 0.2) is 23.0 Å². The molecule has 1 heterocycles. The van der Waals surface area contributed by atoms with Gasteiger partial charge >= 0.3 is 5.97 Å². The molecule has 0 saturated heterocycles. The molecule has 20 heavy (non-hydrogen) atoms. The third-order valence-electron chi connectivity index (χ3n) is 3.76. The Bertz CT molecular complexity index is 552. The Hall–Kier alpha value is -2.11. The summed E-state index contributed by atoms with van der Waals surface area (Å²) in [6.45, 7) is 0.326. The van der Waals surface area contributed by atoms with Crippen molar-refractivity contribution >= 4 is 11.9 Å². The number of pyridine rings is 1. The minimum atomic E-state index is -0.794. The average molecular weight is 278 g/mol. The minimum absolute atomic E-state index is 0.0411. The van der Waals surface area contributed by atoms with E-state index in [4.69, 9.17) is 5.11 Å². The molecular weight excluding hydrogens is 260 g/mol. The van der Waals surface area contributed by atoms with Crippen LogP contribution in [0.2, 0.25) is 0 Å². The summed E-state index contributed by atoms with van der Waals surface area (Å²) in [4.78, 5) is 36.6. The van der Waals surface area contributed by atoms with Crippen LogP contribution >= 0.6 is 0 Å². The van der Waals surface area contributed by atoms with Crippen LogP contribution in [-0.2, 0) is 4.79 Å². The second-order valence-corrected chi connectivity index (χ2v) is 5.13. The lowest BCUT2D eigenvalue weighted by Crippen LogP contribution is -2.37. The number of rotatable bonds is 4. The number of aromatic nitrogens is 1. The molecule has 1 aliphatic rings. The van der Waals surface area contributed by atoms with Gasteiger partial charge in [0.2, 0.25) is 5.56 Å². The van der Waals surface area contributed by atoms with Gasteiger partial charge in [0.25, 0.3) is 5.91 Å². The van der Waals surface area contributed by atoms with Gasteiger partial charge < -0.3 is 15.4 Å². The van der Waals surface area contributed by atoms with Crippen molar-refractivity contribution in [2.75, 3.05) is 6.54 Å². The molecule has 1 aromatic rings. The first-order valence-corrected chi connectivity index (χ1v) is 6.78. The highest BCUT2D eigenvalue weighted by Gasteiger charge is 2.30. The number of hydrogen-bond acceptors (Lipinski definition) is 3. The molecular formula is C14H18N2O4. The van der Waals surface area contributed by atoms with Crippen LogP contribution in [0.3, 0.4) is 0 Å². The Morgan fingerprint density at radius 1 is 1.30 bits per heavy atom. The van der Waals surface area contributed by atoms with E-state index >= 15 is 0 Å². The van der Waals surface area contributed by atoms with Gasteiger partial charge in [0.05, 0.1) is 5.92 Å². The van der Waals surface area contributed by atoms with Crippen LogP contribution in [0.25, 0.3) is 0 Å². The van der Waals surface area contributed by atoms with E-state index in [1.165, 1.54) is 18.2 Å². The van der Waals surface area contributed by atoms with Crippen LogP contribution in [-0.4, -0.2) is 28.5 Å². The zero-order valence-electron chi connectivity index (χ0n) is 11.1. The van der Waals surface area contributed by atoms with Crippen molar-refractivity contribution in [1.82, 2.24) is 10.3 Å². The highest BCUT2D eigenvalue weighted by Crippen LogP contribution is 2.29. The van der Waals surface area contributed by atoms with Crippen LogP contribution in [0.1, 0.15) is 36.2 Å². The number of carboxylic acids is 1. The van der Waals surface area contributed by atoms with Crippen LogP contribution in [0, 0.1) is 11.8 Å². The summed E-state index contributed by atoms with van der Waals surface area (Å²) >= 11 is 0. The third-order valence-corrected chi connectivity index (χ3v) is 3.76. The first-order valence-electron chi connectivity index (χ1n) is 6.78. The van der Waals surface area contributed by atoms with Crippen LogP contribution in [0.4, 0.5) is 0 Å². The van der Waals surface area contributed by atoms with Crippen molar-refractivity contribution < 1.29 is 14.7 Å². The number of carboxylic acid groups (broad SMARTS) is 1. The van der Waals surface area contributed by atoms with E-state index < -0.39 is 5.97 Å². The highest BCUT2D eigenvalue weighted by molar-refractivity contribution is 5.92. The molecule has 108 valence electrons. The quantitative estimate of drug-likeness (QED) is 0.765. The van der Waals surface area contributed by atoms with E-state index in [0.717, 1.165) is 19.3 Å². The molecule has 0 aromatic carbocycles. The van der Waals surface area contributed by atoms with Crippen molar-refractivity contribution in [3.63, 3.8) is 0 Å². The lowest BCUT2D eigenvalue weighted by molar-refractivity contribution is -0.144. The first kappa shape index (κ1) is 14.3. The van der Waals surface area contributed by atoms with Gasteiger partial charge in [0.1, 0.15) is 5.69 Å². The van der Waals surface area contributed by atoms with Gasteiger partial charge in [-0.25, -0.2) is 0 Å². The first-order chi connectivity index (χ1) is 9.58. The van der Waals surface area contributed by atoms with Gasteiger partial charge in [-0.1, -0.05) is 18.9 Å². The van der Waals surface area contributed by atoms with Gasteiger partial charge in [-0.3, -0.25) is 14.4 Å². The molecule has 0 spiro atoms. The number of hydrogen-bond donors (Lipinski definition) is 3. The van der Waals surface area contributed by atoms with Crippen LogP contribution in [0.5, 0.6) is 0 Å². The molecule has 1 saturated carbocycles. The lowest BCUT2D eigenvalue weighted by Gasteiger charge is -2.28. The van der Waals surface area contributed by atoms with Crippen molar-refractivity contribution in [3.05, 3.63) is 34.2 Å². The average Bonchev–Trinajstić information content (AvgIpc) is 2.45. The topological polar surface area (TPSA) is 99.3 Å². The predicted octanol–water partition coefficient (Wildman–Crippen LogP) is 0.996. The SMILES string of the molecule is O=C(NCC1CCCCC1C(=O)O)c1cccc(=O)[nH]1. The summed E-state index contributed by atoms with van der Waals surface area (Å²) in [5, 5.41) is 11.9. The van der Waals surface area contributed by atoms with Gasteiger partial charge in [-0.05, 0) is 24.8 Å². The molecule has 2 rings (SSSR count). The van der Waals surface area contributed by atoms with Crippen molar-refractivity contribution in [1.29, 1.82) is 0 Å². The summed E-state index contributed by atoms with van der Waals surface area (Å²) in [6, 6.07) is 4.36. The Balaban J connectivity index is 1.95. The Labute approximate surface area is 116 Å². The number of amides is 1.